The fourth-order valence-electron chi connectivity index (χ4n) is 2.79. The van der Waals surface area contributed by atoms with Gasteiger partial charge in [-0.05, 0) is 37.5 Å². The fourth-order valence-corrected chi connectivity index (χ4v) is 2.79. The molecule has 5 heteroatoms. The number of hydrogen-bond donors (Lipinski definition) is 3. The second kappa shape index (κ2) is 9.73. The molecule has 2 amide bonds. The fraction of sp³-hybridized carbons (Fsp3) is 0.333. The summed E-state index contributed by atoms with van der Waals surface area (Å²) in [6.45, 7) is 4.36. The lowest BCUT2D eigenvalue weighted by atomic mass is 10.0. The molecule has 0 spiro atoms. The van der Waals surface area contributed by atoms with Crippen LogP contribution in [0.5, 0.6) is 0 Å². The van der Waals surface area contributed by atoms with Crippen molar-refractivity contribution in [3.05, 3.63) is 65.7 Å². The third-order valence-corrected chi connectivity index (χ3v) is 3.90. The van der Waals surface area contributed by atoms with Gasteiger partial charge in [-0.15, -0.1) is 0 Å². The van der Waals surface area contributed by atoms with E-state index in [1.807, 2.05) is 63.4 Å². The standard InChI is InChI=1S/C21H27N3O2/c1-16(2)22-20(25)14-24(3)15-21(26)23-19-12-8-7-11-18(19)13-17-9-5-4-6-10-17/h4-12,16H,13-15H2,1-3H3,(H,22,25)(H,23,26)/p+1. The van der Waals surface area contributed by atoms with Crippen molar-refractivity contribution in [2.45, 2.75) is 26.3 Å². The molecule has 0 aliphatic rings. The van der Waals surface area contributed by atoms with E-state index in [2.05, 4.69) is 22.8 Å². The van der Waals surface area contributed by atoms with Gasteiger partial charge < -0.3 is 15.5 Å². The summed E-state index contributed by atoms with van der Waals surface area (Å²) in [6, 6.07) is 18.1. The number of hydrogen-bond acceptors (Lipinski definition) is 2. The highest BCUT2D eigenvalue weighted by Gasteiger charge is 2.15. The average molecular weight is 354 g/mol. The Morgan fingerprint density at radius 1 is 0.923 bits per heavy atom. The van der Waals surface area contributed by atoms with Crippen molar-refractivity contribution in [3.8, 4) is 0 Å². The second-order valence-corrected chi connectivity index (χ2v) is 6.90. The quantitative estimate of drug-likeness (QED) is 0.668. The predicted octanol–water partition coefficient (Wildman–Crippen LogP) is 1.26. The molecule has 138 valence electrons. The van der Waals surface area contributed by atoms with Crippen LogP contribution in [0.4, 0.5) is 5.69 Å². The first kappa shape index (κ1) is 19.7. The van der Waals surface area contributed by atoms with Crippen LogP contribution in [0.25, 0.3) is 0 Å². The number of amides is 2. The number of likely N-dealkylation sites (N-methyl/N-ethyl adjacent to an activating group) is 1. The zero-order chi connectivity index (χ0) is 18.9. The summed E-state index contributed by atoms with van der Waals surface area (Å²) in [7, 11) is 1.84. The van der Waals surface area contributed by atoms with Crippen LogP contribution in [-0.4, -0.2) is 38.0 Å². The van der Waals surface area contributed by atoms with Gasteiger partial charge in [-0.1, -0.05) is 48.5 Å². The van der Waals surface area contributed by atoms with Crippen LogP contribution < -0.4 is 15.5 Å². The normalized spacial score (nSPS) is 11.8. The SMILES string of the molecule is CC(C)NC(=O)C[NH+](C)CC(=O)Nc1ccccc1Cc1ccccc1. The molecule has 2 rings (SSSR count). The lowest BCUT2D eigenvalue weighted by Gasteiger charge is -2.16. The van der Waals surface area contributed by atoms with E-state index < -0.39 is 0 Å². The molecule has 2 aromatic rings. The van der Waals surface area contributed by atoms with Crippen LogP contribution in [0, 0.1) is 0 Å². The van der Waals surface area contributed by atoms with E-state index >= 15 is 0 Å². The molecule has 0 aliphatic carbocycles. The first-order valence-corrected chi connectivity index (χ1v) is 8.96. The maximum atomic E-state index is 12.4. The minimum absolute atomic E-state index is 0.0465. The summed E-state index contributed by atoms with van der Waals surface area (Å²) in [5.74, 6) is -0.143. The molecule has 0 saturated carbocycles. The van der Waals surface area contributed by atoms with Crippen molar-refractivity contribution < 1.29 is 14.5 Å². The molecule has 0 aromatic heterocycles. The highest BCUT2D eigenvalue weighted by atomic mass is 16.2. The van der Waals surface area contributed by atoms with E-state index in [1.165, 1.54) is 5.56 Å². The maximum absolute atomic E-state index is 12.4. The van der Waals surface area contributed by atoms with Crippen LogP contribution in [0.15, 0.2) is 54.6 Å². The number of rotatable bonds is 8. The molecule has 0 fully saturated rings. The van der Waals surface area contributed by atoms with Gasteiger partial charge in [-0.2, -0.15) is 0 Å². The van der Waals surface area contributed by atoms with Crippen LogP contribution in [-0.2, 0) is 16.0 Å². The van der Waals surface area contributed by atoms with E-state index in [0.717, 1.165) is 22.6 Å². The van der Waals surface area contributed by atoms with E-state index in [1.54, 1.807) is 0 Å². The van der Waals surface area contributed by atoms with Gasteiger partial charge in [-0.3, -0.25) is 9.59 Å². The predicted molar refractivity (Wildman–Crippen MR) is 104 cm³/mol. The van der Waals surface area contributed by atoms with E-state index in [9.17, 15) is 9.59 Å². The Bertz CT molecular complexity index is 729. The van der Waals surface area contributed by atoms with Crippen LogP contribution in [0.2, 0.25) is 0 Å². The molecular formula is C21H28N3O2+. The van der Waals surface area contributed by atoms with E-state index in [-0.39, 0.29) is 30.9 Å². The lowest BCUT2D eigenvalue weighted by molar-refractivity contribution is -0.862. The molecule has 0 saturated heterocycles. The molecule has 2 aromatic carbocycles. The Labute approximate surface area is 155 Å². The molecule has 5 nitrogen and oxygen atoms in total. The number of anilines is 1. The minimum Gasteiger partial charge on any atom is -0.349 e. The zero-order valence-electron chi connectivity index (χ0n) is 15.7. The van der Waals surface area contributed by atoms with Gasteiger partial charge in [0, 0.05) is 11.7 Å². The molecule has 1 unspecified atom stereocenters. The van der Waals surface area contributed by atoms with Gasteiger partial charge in [0.05, 0.1) is 7.05 Å². The molecular weight excluding hydrogens is 326 g/mol. The van der Waals surface area contributed by atoms with Crippen molar-refractivity contribution in [1.29, 1.82) is 0 Å². The first-order chi connectivity index (χ1) is 12.4. The van der Waals surface area contributed by atoms with Crippen LogP contribution in [0.1, 0.15) is 25.0 Å². The molecule has 1 atom stereocenters. The van der Waals surface area contributed by atoms with Crippen molar-refractivity contribution >= 4 is 17.5 Å². The second-order valence-electron chi connectivity index (χ2n) is 6.90. The molecule has 3 N–H and O–H groups in total. The number of para-hydroxylation sites is 1. The number of carbonyl (C=O) groups is 2. The van der Waals surface area contributed by atoms with Gasteiger partial charge in [0.2, 0.25) is 0 Å². The Morgan fingerprint density at radius 3 is 2.23 bits per heavy atom. The number of carbonyl (C=O) groups excluding carboxylic acids is 2. The summed E-state index contributed by atoms with van der Waals surface area (Å²) in [5, 5.41) is 5.83. The van der Waals surface area contributed by atoms with Crippen LogP contribution in [0.3, 0.4) is 0 Å². The highest BCUT2D eigenvalue weighted by Crippen LogP contribution is 2.18. The Morgan fingerprint density at radius 2 is 1.54 bits per heavy atom. The van der Waals surface area contributed by atoms with E-state index in [4.69, 9.17) is 0 Å². The van der Waals surface area contributed by atoms with Crippen molar-refractivity contribution in [2.75, 3.05) is 25.5 Å². The van der Waals surface area contributed by atoms with Crippen molar-refractivity contribution in [1.82, 2.24) is 5.32 Å². The van der Waals surface area contributed by atoms with Crippen LogP contribution >= 0.6 is 0 Å². The Balaban J connectivity index is 1.93. The molecule has 0 aliphatic heterocycles. The Hall–Kier alpha value is -2.66. The maximum Gasteiger partial charge on any atom is 0.279 e. The summed E-state index contributed by atoms with van der Waals surface area (Å²) in [6.07, 6.45) is 0.761. The molecule has 0 bridgehead atoms. The average Bonchev–Trinajstić information content (AvgIpc) is 2.56. The topological polar surface area (TPSA) is 62.6 Å². The minimum atomic E-state index is -0.0969. The van der Waals surface area contributed by atoms with E-state index in [0.29, 0.717) is 0 Å². The third-order valence-electron chi connectivity index (χ3n) is 3.90. The summed E-state index contributed by atoms with van der Waals surface area (Å²) in [4.78, 5) is 25.0. The van der Waals surface area contributed by atoms with Gasteiger partial charge in [0.25, 0.3) is 11.8 Å². The lowest BCUT2D eigenvalue weighted by Crippen LogP contribution is -3.11. The number of nitrogens with one attached hydrogen (secondary N) is 3. The van der Waals surface area contributed by atoms with Crippen molar-refractivity contribution in [3.63, 3.8) is 0 Å². The molecule has 0 radical (unpaired) electrons. The zero-order valence-corrected chi connectivity index (χ0v) is 15.7. The number of quaternary nitrogens is 1. The largest absolute Gasteiger partial charge is 0.349 e. The van der Waals surface area contributed by atoms with Crippen molar-refractivity contribution in [2.24, 2.45) is 0 Å². The smallest absolute Gasteiger partial charge is 0.279 e. The Kier molecular flexibility index (Phi) is 7.36. The number of benzene rings is 2. The monoisotopic (exact) mass is 354 g/mol. The van der Waals surface area contributed by atoms with Gasteiger partial charge in [0.1, 0.15) is 0 Å². The summed E-state index contributed by atoms with van der Waals surface area (Å²) < 4.78 is 0. The molecule has 0 heterocycles. The highest BCUT2D eigenvalue weighted by molar-refractivity contribution is 5.92. The third kappa shape index (κ3) is 6.69. The van der Waals surface area contributed by atoms with Gasteiger partial charge in [-0.25, -0.2) is 0 Å². The van der Waals surface area contributed by atoms with Gasteiger partial charge in [0.15, 0.2) is 13.1 Å². The summed E-state index contributed by atoms with van der Waals surface area (Å²) in [5.41, 5.74) is 3.09. The summed E-state index contributed by atoms with van der Waals surface area (Å²) >= 11 is 0. The van der Waals surface area contributed by atoms with Gasteiger partial charge >= 0.3 is 0 Å². The first-order valence-electron chi connectivity index (χ1n) is 8.96. The molecule has 26 heavy (non-hydrogen) atoms.